The van der Waals surface area contributed by atoms with Gasteiger partial charge in [-0.3, -0.25) is 4.79 Å². The molecule has 0 aromatic heterocycles. The lowest BCUT2D eigenvalue weighted by Crippen LogP contribution is -1.95. The summed E-state index contributed by atoms with van der Waals surface area (Å²) < 4.78 is 19.0. The first-order valence-electron chi connectivity index (χ1n) is 3.77. The summed E-state index contributed by atoms with van der Waals surface area (Å²) in [5.74, 6) is 0.106. The van der Waals surface area contributed by atoms with Gasteiger partial charge in [0, 0.05) is 5.56 Å². The van der Waals surface area contributed by atoms with Crippen molar-refractivity contribution in [3.05, 3.63) is 35.4 Å². The third-order valence-electron chi connectivity index (χ3n) is 1.65. The standard InChI is InChI=1S/C9H10O3S/c1-7(10)9-4-2-8(3-5-9)6-13(11)12/h2-5H,6H2,1H3,(H,11,12). The van der Waals surface area contributed by atoms with E-state index < -0.39 is 11.1 Å². The van der Waals surface area contributed by atoms with Crippen LogP contribution in [0.2, 0.25) is 0 Å². The molecule has 13 heavy (non-hydrogen) atoms. The monoisotopic (exact) mass is 198 g/mol. The molecule has 4 heteroatoms. The van der Waals surface area contributed by atoms with Crippen molar-refractivity contribution in [3.63, 3.8) is 0 Å². The largest absolute Gasteiger partial charge is 0.306 e. The second-order valence-electron chi connectivity index (χ2n) is 2.72. The SMILES string of the molecule is CC(=O)c1ccc(CS(=O)O)cc1. The number of ketones is 1. The highest BCUT2D eigenvalue weighted by atomic mass is 32.2. The molecule has 0 heterocycles. The fraction of sp³-hybridized carbons (Fsp3) is 0.222. The van der Waals surface area contributed by atoms with E-state index in [1.165, 1.54) is 6.92 Å². The first-order chi connectivity index (χ1) is 6.09. The summed E-state index contributed by atoms with van der Waals surface area (Å²) >= 11 is -1.82. The van der Waals surface area contributed by atoms with Gasteiger partial charge in [0.15, 0.2) is 16.9 Å². The minimum Gasteiger partial charge on any atom is -0.306 e. The Morgan fingerprint density at radius 1 is 1.38 bits per heavy atom. The van der Waals surface area contributed by atoms with Crippen LogP contribution in [0, 0.1) is 0 Å². The minimum absolute atomic E-state index is 0.00308. The Bertz CT molecular complexity index is 329. The smallest absolute Gasteiger partial charge is 0.159 e. The zero-order valence-corrected chi connectivity index (χ0v) is 8.00. The maximum atomic E-state index is 10.9. The molecule has 0 aliphatic rings. The van der Waals surface area contributed by atoms with Gasteiger partial charge in [-0.15, -0.1) is 0 Å². The molecule has 3 nitrogen and oxygen atoms in total. The Labute approximate surface area is 79.1 Å². The van der Waals surface area contributed by atoms with Crippen molar-refractivity contribution in [2.24, 2.45) is 0 Å². The van der Waals surface area contributed by atoms with Crippen LogP contribution in [-0.4, -0.2) is 14.5 Å². The van der Waals surface area contributed by atoms with Crippen molar-refractivity contribution in [3.8, 4) is 0 Å². The Morgan fingerprint density at radius 3 is 2.31 bits per heavy atom. The van der Waals surface area contributed by atoms with Crippen molar-refractivity contribution in [2.45, 2.75) is 12.7 Å². The lowest BCUT2D eigenvalue weighted by atomic mass is 10.1. The average molecular weight is 198 g/mol. The van der Waals surface area contributed by atoms with E-state index in [-0.39, 0.29) is 11.5 Å². The maximum absolute atomic E-state index is 10.9. The van der Waals surface area contributed by atoms with E-state index >= 15 is 0 Å². The zero-order valence-electron chi connectivity index (χ0n) is 7.19. The molecule has 1 rings (SSSR count). The van der Waals surface area contributed by atoms with E-state index in [1.807, 2.05) is 0 Å². The van der Waals surface area contributed by atoms with E-state index in [9.17, 15) is 9.00 Å². The molecule has 0 bridgehead atoms. The van der Waals surface area contributed by atoms with Gasteiger partial charge in [-0.1, -0.05) is 24.3 Å². The maximum Gasteiger partial charge on any atom is 0.159 e. The van der Waals surface area contributed by atoms with Crippen LogP contribution in [0.4, 0.5) is 0 Å². The van der Waals surface area contributed by atoms with Gasteiger partial charge >= 0.3 is 0 Å². The summed E-state index contributed by atoms with van der Waals surface area (Å²) in [6.45, 7) is 1.49. The first kappa shape index (κ1) is 10.1. The molecule has 0 radical (unpaired) electrons. The molecule has 1 N–H and O–H groups in total. The fourth-order valence-corrected chi connectivity index (χ4v) is 1.46. The highest BCUT2D eigenvalue weighted by molar-refractivity contribution is 7.78. The summed E-state index contributed by atoms with van der Waals surface area (Å²) in [6, 6.07) is 6.69. The van der Waals surface area contributed by atoms with Gasteiger partial charge in [-0.25, -0.2) is 4.21 Å². The van der Waals surface area contributed by atoms with Crippen molar-refractivity contribution >= 4 is 16.9 Å². The minimum atomic E-state index is -1.82. The third kappa shape index (κ3) is 3.08. The van der Waals surface area contributed by atoms with E-state index in [0.29, 0.717) is 5.56 Å². The lowest BCUT2D eigenvalue weighted by Gasteiger charge is -1.98. The number of benzene rings is 1. The fourth-order valence-electron chi connectivity index (χ4n) is 0.978. The molecule has 0 fully saturated rings. The summed E-state index contributed by atoms with van der Waals surface area (Å²) in [5.41, 5.74) is 1.37. The number of carbonyl (C=O) groups is 1. The molecule has 70 valence electrons. The first-order valence-corrected chi connectivity index (χ1v) is 5.04. The predicted molar refractivity (Wildman–Crippen MR) is 50.9 cm³/mol. The van der Waals surface area contributed by atoms with Crippen LogP contribution in [0.25, 0.3) is 0 Å². The highest BCUT2D eigenvalue weighted by Gasteiger charge is 2.00. The van der Waals surface area contributed by atoms with Crippen molar-refractivity contribution in [1.82, 2.24) is 0 Å². The van der Waals surface area contributed by atoms with Crippen molar-refractivity contribution in [1.29, 1.82) is 0 Å². The van der Waals surface area contributed by atoms with Gasteiger partial charge < -0.3 is 4.55 Å². The van der Waals surface area contributed by atoms with Crippen LogP contribution in [0.1, 0.15) is 22.8 Å². The molecule has 0 aliphatic carbocycles. The van der Waals surface area contributed by atoms with Gasteiger partial charge in [-0.05, 0) is 12.5 Å². The molecular formula is C9H10O3S. The molecule has 1 unspecified atom stereocenters. The summed E-state index contributed by atoms with van der Waals surface area (Å²) in [6.07, 6.45) is 0. The molecule has 0 saturated carbocycles. The number of carbonyl (C=O) groups excluding carboxylic acids is 1. The normalized spacial score (nSPS) is 12.5. The molecule has 0 spiro atoms. The predicted octanol–water partition coefficient (Wildman–Crippen LogP) is 1.61. The lowest BCUT2D eigenvalue weighted by molar-refractivity contribution is 0.101. The Hall–Kier alpha value is -1.00. The van der Waals surface area contributed by atoms with Crippen LogP contribution in [0.5, 0.6) is 0 Å². The van der Waals surface area contributed by atoms with Crippen LogP contribution >= 0.6 is 0 Å². The molecule has 1 aromatic carbocycles. The molecular weight excluding hydrogens is 188 g/mol. The summed E-state index contributed by atoms with van der Waals surface area (Å²) in [7, 11) is 0. The summed E-state index contributed by atoms with van der Waals surface area (Å²) in [5, 5.41) is 0. The topological polar surface area (TPSA) is 54.4 Å². The van der Waals surface area contributed by atoms with Gasteiger partial charge in [-0.2, -0.15) is 0 Å². The molecule has 1 aromatic rings. The van der Waals surface area contributed by atoms with E-state index in [2.05, 4.69) is 0 Å². The van der Waals surface area contributed by atoms with Gasteiger partial charge in [0.05, 0.1) is 5.75 Å². The van der Waals surface area contributed by atoms with E-state index in [0.717, 1.165) is 5.56 Å². The molecule has 1 atom stereocenters. The molecule has 0 amide bonds. The van der Waals surface area contributed by atoms with Crippen LogP contribution in [0.15, 0.2) is 24.3 Å². The average Bonchev–Trinajstić information content (AvgIpc) is 2.04. The second-order valence-corrected chi connectivity index (χ2v) is 3.65. The van der Waals surface area contributed by atoms with Crippen LogP contribution in [-0.2, 0) is 16.8 Å². The third-order valence-corrected chi connectivity index (χ3v) is 2.23. The molecule has 0 aliphatic heterocycles. The Balaban J connectivity index is 2.81. The number of hydrogen-bond donors (Lipinski definition) is 1. The second kappa shape index (κ2) is 4.30. The molecule has 0 saturated heterocycles. The number of Topliss-reactive ketones (excluding diaryl/α,β-unsaturated/α-hetero) is 1. The zero-order chi connectivity index (χ0) is 9.84. The van der Waals surface area contributed by atoms with E-state index in [1.54, 1.807) is 24.3 Å². The van der Waals surface area contributed by atoms with Gasteiger partial charge in [0.1, 0.15) is 0 Å². The van der Waals surface area contributed by atoms with Crippen molar-refractivity contribution < 1.29 is 13.6 Å². The van der Waals surface area contributed by atoms with E-state index in [4.69, 9.17) is 4.55 Å². The number of hydrogen-bond acceptors (Lipinski definition) is 2. The van der Waals surface area contributed by atoms with Gasteiger partial charge in [0.25, 0.3) is 0 Å². The number of rotatable bonds is 3. The van der Waals surface area contributed by atoms with Crippen LogP contribution in [0.3, 0.4) is 0 Å². The quantitative estimate of drug-likeness (QED) is 0.593. The highest BCUT2D eigenvalue weighted by Crippen LogP contribution is 2.06. The Kier molecular flexibility index (Phi) is 3.33. The summed E-state index contributed by atoms with van der Waals surface area (Å²) in [4.78, 5) is 10.9. The van der Waals surface area contributed by atoms with Crippen molar-refractivity contribution in [2.75, 3.05) is 0 Å². The van der Waals surface area contributed by atoms with Gasteiger partial charge in [0.2, 0.25) is 0 Å². The Morgan fingerprint density at radius 2 is 1.92 bits per heavy atom. The van der Waals surface area contributed by atoms with Crippen LogP contribution < -0.4 is 0 Å².